The summed E-state index contributed by atoms with van der Waals surface area (Å²) in [6.45, 7) is 7.03. The number of nitrogens with two attached hydrogens (primary N) is 1. The van der Waals surface area contributed by atoms with E-state index in [1.807, 2.05) is 26.8 Å². The predicted molar refractivity (Wildman–Crippen MR) is 77.2 cm³/mol. The molecule has 1 aromatic rings. The van der Waals surface area contributed by atoms with Crippen molar-refractivity contribution in [2.45, 2.75) is 33.7 Å². The number of carbonyl (C=O) groups is 1. The standard InChI is InChI=1S/C15H24N2O2/c1-10-5-12(3)15(19-4)13(6-10)9-17-14(18)7-11(2)8-16/h5-6,11H,7-9,16H2,1-4H3,(H,17,18). The monoisotopic (exact) mass is 264 g/mol. The van der Waals surface area contributed by atoms with E-state index >= 15 is 0 Å². The molecule has 0 fully saturated rings. The van der Waals surface area contributed by atoms with Crippen molar-refractivity contribution < 1.29 is 9.53 Å². The lowest BCUT2D eigenvalue weighted by atomic mass is 10.0. The first-order valence-corrected chi connectivity index (χ1v) is 6.58. The van der Waals surface area contributed by atoms with E-state index in [1.165, 1.54) is 0 Å². The molecule has 0 aliphatic carbocycles. The van der Waals surface area contributed by atoms with E-state index in [2.05, 4.69) is 11.4 Å². The van der Waals surface area contributed by atoms with Gasteiger partial charge in [0.1, 0.15) is 5.75 Å². The molecule has 0 radical (unpaired) electrons. The minimum absolute atomic E-state index is 0.0270. The number of hydrogen-bond acceptors (Lipinski definition) is 3. The maximum atomic E-state index is 11.7. The van der Waals surface area contributed by atoms with Crippen LogP contribution in [-0.2, 0) is 11.3 Å². The van der Waals surface area contributed by atoms with Crippen LogP contribution in [0, 0.1) is 19.8 Å². The molecule has 4 nitrogen and oxygen atoms in total. The molecule has 3 N–H and O–H groups in total. The zero-order valence-electron chi connectivity index (χ0n) is 12.2. The fourth-order valence-electron chi connectivity index (χ4n) is 2.13. The van der Waals surface area contributed by atoms with Crippen molar-refractivity contribution in [3.05, 3.63) is 28.8 Å². The Kier molecular flexibility index (Phi) is 5.83. The van der Waals surface area contributed by atoms with E-state index in [9.17, 15) is 4.79 Å². The third-order valence-corrected chi connectivity index (χ3v) is 3.11. The van der Waals surface area contributed by atoms with E-state index in [4.69, 9.17) is 10.5 Å². The van der Waals surface area contributed by atoms with Crippen LogP contribution in [0.2, 0.25) is 0 Å². The van der Waals surface area contributed by atoms with Gasteiger partial charge in [0.25, 0.3) is 0 Å². The zero-order valence-corrected chi connectivity index (χ0v) is 12.2. The molecule has 0 saturated heterocycles. The lowest BCUT2D eigenvalue weighted by Crippen LogP contribution is -2.27. The van der Waals surface area contributed by atoms with Crippen molar-refractivity contribution >= 4 is 5.91 Å². The van der Waals surface area contributed by atoms with E-state index in [1.54, 1.807) is 7.11 Å². The SMILES string of the molecule is COc1c(C)cc(C)cc1CNC(=O)CC(C)CN. The second kappa shape index (κ2) is 7.14. The molecule has 0 saturated carbocycles. The third-order valence-electron chi connectivity index (χ3n) is 3.11. The van der Waals surface area contributed by atoms with Gasteiger partial charge >= 0.3 is 0 Å². The lowest BCUT2D eigenvalue weighted by Gasteiger charge is -2.14. The third kappa shape index (κ3) is 4.56. The summed E-state index contributed by atoms with van der Waals surface area (Å²) in [6, 6.07) is 4.11. The van der Waals surface area contributed by atoms with E-state index in [-0.39, 0.29) is 11.8 Å². The van der Waals surface area contributed by atoms with Crippen molar-refractivity contribution in [2.75, 3.05) is 13.7 Å². The van der Waals surface area contributed by atoms with Crippen LogP contribution in [0.5, 0.6) is 5.75 Å². The second-order valence-electron chi connectivity index (χ2n) is 5.10. The first-order chi connectivity index (χ1) is 8.97. The Morgan fingerprint density at radius 1 is 1.42 bits per heavy atom. The van der Waals surface area contributed by atoms with Gasteiger partial charge in [-0.2, -0.15) is 0 Å². The van der Waals surface area contributed by atoms with Crippen LogP contribution in [-0.4, -0.2) is 19.6 Å². The topological polar surface area (TPSA) is 64.3 Å². The average molecular weight is 264 g/mol. The first kappa shape index (κ1) is 15.5. The Labute approximate surface area is 115 Å². The lowest BCUT2D eigenvalue weighted by molar-refractivity contribution is -0.122. The van der Waals surface area contributed by atoms with Gasteiger partial charge in [-0.3, -0.25) is 4.79 Å². The van der Waals surface area contributed by atoms with Crippen molar-refractivity contribution in [3.8, 4) is 5.75 Å². The molecule has 19 heavy (non-hydrogen) atoms. The molecule has 1 unspecified atom stereocenters. The quantitative estimate of drug-likeness (QED) is 0.825. The van der Waals surface area contributed by atoms with Crippen molar-refractivity contribution in [1.82, 2.24) is 5.32 Å². The molecular weight excluding hydrogens is 240 g/mol. The first-order valence-electron chi connectivity index (χ1n) is 6.58. The van der Waals surface area contributed by atoms with Crippen LogP contribution in [0.4, 0.5) is 0 Å². The largest absolute Gasteiger partial charge is 0.496 e. The molecular formula is C15H24N2O2. The summed E-state index contributed by atoms with van der Waals surface area (Å²) in [6.07, 6.45) is 0.462. The summed E-state index contributed by atoms with van der Waals surface area (Å²) in [5.74, 6) is 1.08. The molecule has 0 aromatic heterocycles. The van der Waals surface area contributed by atoms with E-state index < -0.39 is 0 Å². The molecule has 1 amide bonds. The van der Waals surface area contributed by atoms with Crippen LogP contribution < -0.4 is 15.8 Å². The van der Waals surface area contributed by atoms with Gasteiger partial charge in [-0.1, -0.05) is 24.6 Å². The maximum Gasteiger partial charge on any atom is 0.220 e. The summed E-state index contributed by atoms with van der Waals surface area (Å²) < 4.78 is 5.39. The average Bonchev–Trinajstić information content (AvgIpc) is 2.35. The van der Waals surface area contributed by atoms with Crippen LogP contribution in [0.25, 0.3) is 0 Å². The number of hydrogen-bond donors (Lipinski definition) is 2. The molecule has 0 aliphatic heterocycles. The van der Waals surface area contributed by atoms with Gasteiger partial charge in [-0.25, -0.2) is 0 Å². The van der Waals surface area contributed by atoms with Gasteiger partial charge in [-0.15, -0.1) is 0 Å². The maximum absolute atomic E-state index is 11.7. The number of carbonyl (C=O) groups excluding carboxylic acids is 1. The smallest absolute Gasteiger partial charge is 0.220 e. The number of methoxy groups -OCH3 is 1. The van der Waals surface area contributed by atoms with E-state index in [0.29, 0.717) is 19.5 Å². The molecule has 106 valence electrons. The van der Waals surface area contributed by atoms with Gasteiger partial charge in [0.2, 0.25) is 5.91 Å². The number of rotatable bonds is 6. The van der Waals surface area contributed by atoms with Crippen LogP contribution >= 0.6 is 0 Å². The number of amides is 1. The Bertz CT molecular complexity index is 444. The van der Waals surface area contributed by atoms with E-state index in [0.717, 1.165) is 22.4 Å². The molecule has 1 aromatic carbocycles. The van der Waals surface area contributed by atoms with Gasteiger partial charge in [-0.05, 0) is 31.9 Å². The van der Waals surface area contributed by atoms with Gasteiger partial charge < -0.3 is 15.8 Å². The predicted octanol–water partition coefficient (Wildman–Crippen LogP) is 1.91. The second-order valence-corrected chi connectivity index (χ2v) is 5.10. The van der Waals surface area contributed by atoms with Gasteiger partial charge in [0.05, 0.1) is 7.11 Å². The van der Waals surface area contributed by atoms with Crippen LogP contribution in [0.3, 0.4) is 0 Å². The Morgan fingerprint density at radius 3 is 2.68 bits per heavy atom. The van der Waals surface area contributed by atoms with Crippen LogP contribution in [0.15, 0.2) is 12.1 Å². The molecule has 0 heterocycles. The Balaban J connectivity index is 2.69. The fraction of sp³-hybridized carbons (Fsp3) is 0.533. The summed E-state index contributed by atoms with van der Waals surface area (Å²) in [5.41, 5.74) is 8.77. The molecule has 0 spiro atoms. The zero-order chi connectivity index (χ0) is 14.4. The molecule has 1 rings (SSSR count). The summed E-state index contributed by atoms with van der Waals surface area (Å²) in [4.78, 5) is 11.7. The fourth-order valence-corrected chi connectivity index (χ4v) is 2.13. The summed E-state index contributed by atoms with van der Waals surface area (Å²) in [5, 5.41) is 2.92. The molecule has 0 bridgehead atoms. The highest BCUT2D eigenvalue weighted by atomic mass is 16.5. The number of nitrogens with one attached hydrogen (secondary N) is 1. The summed E-state index contributed by atoms with van der Waals surface area (Å²) in [7, 11) is 1.65. The minimum atomic E-state index is 0.0270. The normalized spacial score (nSPS) is 12.1. The number of aryl methyl sites for hydroxylation is 2. The van der Waals surface area contributed by atoms with Crippen LogP contribution in [0.1, 0.15) is 30.0 Å². The van der Waals surface area contributed by atoms with Crippen molar-refractivity contribution in [1.29, 1.82) is 0 Å². The molecule has 1 atom stereocenters. The molecule has 4 heteroatoms. The number of benzene rings is 1. The summed E-state index contributed by atoms with van der Waals surface area (Å²) >= 11 is 0. The Morgan fingerprint density at radius 2 is 2.11 bits per heavy atom. The Hall–Kier alpha value is -1.55. The van der Waals surface area contributed by atoms with Gasteiger partial charge in [0, 0.05) is 18.5 Å². The molecule has 0 aliphatic rings. The highest BCUT2D eigenvalue weighted by molar-refractivity contribution is 5.76. The minimum Gasteiger partial charge on any atom is -0.496 e. The van der Waals surface area contributed by atoms with Gasteiger partial charge in [0.15, 0.2) is 0 Å². The highest BCUT2D eigenvalue weighted by Crippen LogP contribution is 2.24. The van der Waals surface area contributed by atoms with Crippen molar-refractivity contribution in [3.63, 3.8) is 0 Å². The number of ether oxygens (including phenoxy) is 1. The highest BCUT2D eigenvalue weighted by Gasteiger charge is 2.11. The van der Waals surface area contributed by atoms with Crippen molar-refractivity contribution in [2.24, 2.45) is 11.7 Å².